The zero-order chi connectivity index (χ0) is 16.8. The first-order valence-electron chi connectivity index (χ1n) is 7.12. The van der Waals surface area contributed by atoms with Crippen molar-refractivity contribution in [2.24, 2.45) is 10.7 Å². The quantitative estimate of drug-likeness (QED) is 0.367. The molecule has 0 atom stereocenters. The van der Waals surface area contributed by atoms with Gasteiger partial charge in [0.2, 0.25) is 0 Å². The summed E-state index contributed by atoms with van der Waals surface area (Å²) in [5, 5.41) is 0. The molecule has 0 aliphatic heterocycles. The fourth-order valence-electron chi connectivity index (χ4n) is 2.00. The van der Waals surface area contributed by atoms with E-state index in [1.807, 2.05) is 18.2 Å². The molecule has 0 spiro atoms. The number of ketones is 1. The number of Topliss-reactive ketones (excluding diaryl/α,β-unsaturated/α-hetero) is 1. The van der Waals surface area contributed by atoms with E-state index in [-0.39, 0.29) is 18.2 Å². The van der Waals surface area contributed by atoms with Crippen molar-refractivity contribution in [2.45, 2.75) is 13.2 Å². The van der Waals surface area contributed by atoms with Crippen molar-refractivity contribution in [1.29, 1.82) is 0 Å². The van der Waals surface area contributed by atoms with E-state index in [2.05, 4.69) is 4.99 Å². The van der Waals surface area contributed by atoms with Crippen molar-refractivity contribution in [3.05, 3.63) is 47.7 Å². The number of nitrogens with zero attached hydrogens (tertiary/aromatic N) is 1. The molecule has 2 aromatic rings. The van der Waals surface area contributed by atoms with Crippen molar-refractivity contribution >= 4 is 11.6 Å². The summed E-state index contributed by atoms with van der Waals surface area (Å²) in [6, 6.07) is 10.8. The van der Waals surface area contributed by atoms with Gasteiger partial charge in [0, 0.05) is 25.3 Å². The Morgan fingerprint density at radius 3 is 2.39 bits per heavy atom. The molecule has 2 N–H and O–H groups in total. The minimum Gasteiger partial charge on any atom is -0.453 e. The SMILES string of the molecule is COC(CN=C(N)c1ccc(-c2ccc(C(C)=O)cc2)o1)OC. The Balaban J connectivity index is 2.13. The molecular formula is C17H20N2O4. The predicted molar refractivity (Wildman–Crippen MR) is 87.5 cm³/mol. The smallest absolute Gasteiger partial charge is 0.176 e. The normalized spacial score (nSPS) is 11.9. The minimum absolute atomic E-state index is 0.0268. The first-order valence-corrected chi connectivity index (χ1v) is 7.12. The molecule has 122 valence electrons. The van der Waals surface area contributed by atoms with Crippen molar-refractivity contribution in [3.63, 3.8) is 0 Å². The van der Waals surface area contributed by atoms with E-state index in [4.69, 9.17) is 19.6 Å². The van der Waals surface area contributed by atoms with Crippen LogP contribution in [0.3, 0.4) is 0 Å². The van der Waals surface area contributed by atoms with Gasteiger partial charge in [-0.1, -0.05) is 24.3 Å². The molecule has 1 heterocycles. The number of furan rings is 1. The van der Waals surface area contributed by atoms with Crippen LogP contribution in [0.2, 0.25) is 0 Å². The molecule has 6 nitrogen and oxygen atoms in total. The van der Waals surface area contributed by atoms with Gasteiger partial charge in [-0.25, -0.2) is 0 Å². The van der Waals surface area contributed by atoms with E-state index in [9.17, 15) is 4.79 Å². The summed E-state index contributed by atoms with van der Waals surface area (Å²) in [5.41, 5.74) is 7.43. The summed E-state index contributed by atoms with van der Waals surface area (Å²) in [6.07, 6.45) is -0.442. The van der Waals surface area contributed by atoms with Crippen LogP contribution in [0.4, 0.5) is 0 Å². The van der Waals surface area contributed by atoms with Gasteiger partial charge in [-0.15, -0.1) is 0 Å². The first kappa shape index (κ1) is 16.9. The van der Waals surface area contributed by atoms with Gasteiger partial charge in [0.05, 0.1) is 6.54 Å². The van der Waals surface area contributed by atoms with Crippen molar-refractivity contribution in [1.82, 2.24) is 0 Å². The van der Waals surface area contributed by atoms with Crippen LogP contribution in [0, 0.1) is 0 Å². The second-order valence-electron chi connectivity index (χ2n) is 4.92. The number of ether oxygens (including phenoxy) is 2. The van der Waals surface area contributed by atoms with Crippen LogP contribution in [0.25, 0.3) is 11.3 Å². The molecule has 0 saturated heterocycles. The monoisotopic (exact) mass is 316 g/mol. The van der Waals surface area contributed by atoms with E-state index in [1.165, 1.54) is 21.1 Å². The molecule has 23 heavy (non-hydrogen) atoms. The maximum absolute atomic E-state index is 11.3. The molecular weight excluding hydrogens is 296 g/mol. The molecule has 0 unspecified atom stereocenters. The molecule has 0 fully saturated rings. The highest BCUT2D eigenvalue weighted by atomic mass is 16.7. The zero-order valence-corrected chi connectivity index (χ0v) is 13.4. The van der Waals surface area contributed by atoms with Crippen LogP contribution < -0.4 is 5.73 Å². The Kier molecular flexibility index (Phi) is 5.67. The molecule has 1 aromatic heterocycles. The number of benzene rings is 1. The lowest BCUT2D eigenvalue weighted by Crippen LogP contribution is -2.20. The van der Waals surface area contributed by atoms with E-state index >= 15 is 0 Å². The number of carbonyl (C=O) groups excluding carboxylic acids is 1. The number of hydrogen-bond donors (Lipinski definition) is 1. The second-order valence-corrected chi connectivity index (χ2v) is 4.92. The number of rotatable bonds is 7. The maximum atomic E-state index is 11.3. The predicted octanol–water partition coefficient (Wildman–Crippen LogP) is 2.47. The van der Waals surface area contributed by atoms with Gasteiger partial charge in [-0.3, -0.25) is 9.79 Å². The van der Waals surface area contributed by atoms with Crippen LogP contribution in [-0.2, 0) is 9.47 Å². The van der Waals surface area contributed by atoms with E-state index in [0.717, 1.165) is 5.56 Å². The van der Waals surface area contributed by atoms with Crippen LogP contribution in [-0.4, -0.2) is 38.7 Å². The molecule has 2 rings (SSSR count). The zero-order valence-electron chi connectivity index (χ0n) is 13.4. The van der Waals surface area contributed by atoms with Crippen LogP contribution in [0.5, 0.6) is 0 Å². The third kappa shape index (κ3) is 4.28. The average molecular weight is 316 g/mol. The fourth-order valence-corrected chi connectivity index (χ4v) is 2.00. The third-order valence-corrected chi connectivity index (χ3v) is 3.37. The Hall–Kier alpha value is -2.44. The lowest BCUT2D eigenvalue weighted by molar-refractivity contribution is -0.0936. The molecule has 0 bridgehead atoms. The van der Waals surface area contributed by atoms with E-state index in [0.29, 0.717) is 17.1 Å². The van der Waals surface area contributed by atoms with Crippen LogP contribution in [0.1, 0.15) is 23.0 Å². The van der Waals surface area contributed by atoms with Gasteiger partial charge in [-0.2, -0.15) is 0 Å². The molecule has 0 aliphatic carbocycles. The number of aliphatic imine (C=N–C) groups is 1. The summed E-state index contributed by atoms with van der Waals surface area (Å²) in [6.45, 7) is 1.81. The second kappa shape index (κ2) is 7.71. The lowest BCUT2D eigenvalue weighted by atomic mass is 10.1. The number of carbonyl (C=O) groups is 1. The highest BCUT2D eigenvalue weighted by Gasteiger charge is 2.10. The van der Waals surface area contributed by atoms with Crippen LogP contribution in [0.15, 0.2) is 45.8 Å². The standard InChI is InChI=1S/C17H20N2O4/c1-11(20)12-4-6-13(7-5-12)14-8-9-15(23-14)17(18)19-10-16(21-2)22-3/h4-9,16H,10H2,1-3H3,(H2,18,19). The Labute approximate surface area is 134 Å². The fraction of sp³-hybridized carbons (Fsp3) is 0.294. The Bertz CT molecular complexity index is 685. The van der Waals surface area contributed by atoms with Gasteiger partial charge in [-0.05, 0) is 19.1 Å². The summed E-state index contributed by atoms with van der Waals surface area (Å²) in [7, 11) is 3.07. The van der Waals surface area contributed by atoms with Crippen LogP contribution >= 0.6 is 0 Å². The van der Waals surface area contributed by atoms with E-state index < -0.39 is 6.29 Å². The Morgan fingerprint density at radius 2 is 1.83 bits per heavy atom. The first-order chi connectivity index (χ1) is 11.0. The average Bonchev–Trinajstić information content (AvgIpc) is 3.05. The van der Waals surface area contributed by atoms with Gasteiger partial charge in [0.1, 0.15) is 5.76 Å². The number of nitrogens with two attached hydrogens (primary N) is 1. The van der Waals surface area contributed by atoms with Gasteiger partial charge < -0.3 is 19.6 Å². The third-order valence-electron chi connectivity index (χ3n) is 3.37. The lowest BCUT2D eigenvalue weighted by Gasteiger charge is -2.10. The van der Waals surface area contributed by atoms with Crippen molar-refractivity contribution < 1.29 is 18.7 Å². The topological polar surface area (TPSA) is 87.1 Å². The maximum Gasteiger partial charge on any atom is 0.176 e. The summed E-state index contributed by atoms with van der Waals surface area (Å²) in [4.78, 5) is 15.5. The summed E-state index contributed by atoms with van der Waals surface area (Å²) in [5.74, 6) is 1.43. The summed E-state index contributed by atoms with van der Waals surface area (Å²) < 4.78 is 15.8. The molecule has 0 saturated carbocycles. The van der Waals surface area contributed by atoms with Crippen molar-refractivity contribution in [2.75, 3.05) is 20.8 Å². The number of methoxy groups -OCH3 is 2. The van der Waals surface area contributed by atoms with Crippen molar-refractivity contribution in [3.8, 4) is 11.3 Å². The molecule has 6 heteroatoms. The highest BCUT2D eigenvalue weighted by molar-refractivity contribution is 5.96. The largest absolute Gasteiger partial charge is 0.453 e. The van der Waals surface area contributed by atoms with Gasteiger partial charge in [0.25, 0.3) is 0 Å². The highest BCUT2D eigenvalue weighted by Crippen LogP contribution is 2.22. The minimum atomic E-state index is -0.442. The van der Waals surface area contributed by atoms with Gasteiger partial charge >= 0.3 is 0 Å². The Morgan fingerprint density at radius 1 is 1.17 bits per heavy atom. The molecule has 1 aromatic carbocycles. The number of amidine groups is 1. The molecule has 0 amide bonds. The summed E-state index contributed by atoms with van der Waals surface area (Å²) >= 11 is 0. The number of hydrogen-bond acceptors (Lipinski definition) is 5. The molecule has 0 aliphatic rings. The molecule has 0 radical (unpaired) electrons. The van der Waals surface area contributed by atoms with E-state index in [1.54, 1.807) is 18.2 Å². The van der Waals surface area contributed by atoms with Gasteiger partial charge in [0.15, 0.2) is 23.7 Å².